The predicted octanol–water partition coefficient (Wildman–Crippen LogP) is 7.40. The largest absolute Gasteiger partial charge is 0.316 e. The van der Waals surface area contributed by atoms with Crippen LogP contribution in [0.4, 0.5) is 10.1 Å². The van der Waals surface area contributed by atoms with E-state index in [1.165, 1.54) is 12.1 Å². The van der Waals surface area contributed by atoms with Crippen molar-refractivity contribution in [3.05, 3.63) is 156 Å². The van der Waals surface area contributed by atoms with E-state index >= 15 is 0 Å². The van der Waals surface area contributed by atoms with Crippen LogP contribution in [0.15, 0.2) is 133 Å². The molecular weight excluding hydrogens is 559 g/mol. The molecule has 1 aromatic heterocycles. The van der Waals surface area contributed by atoms with Crippen molar-refractivity contribution in [1.29, 1.82) is 0 Å². The second-order valence-electron chi connectivity index (χ2n) is 12.2. The van der Waals surface area contributed by atoms with Crippen LogP contribution < -0.4 is 10.2 Å². The lowest BCUT2D eigenvalue weighted by Crippen LogP contribution is -2.38. The third-order valence-corrected chi connectivity index (χ3v) is 9.74. The Morgan fingerprint density at radius 2 is 1.33 bits per heavy atom. The van der Waals surface area contributed by atoms with Gasteiger partial charge in [-0.15, -0.1) is 0 Å². The molecule has 6 aromatic rings. The van der Waals surface area contributed by atoms with Gasteiger partial charge in [0.2, 0.25) is 5.91 Å². The molecule has 222 valence electrons. The average Bonchev–Trinajstić information content (AvgIpc) is 3.82. The van der Waals surface area contributed by atoms with Gasteiger partial charge in [-0.25, -0.2) is 9.07 Å². The van der Waals surface area contributed by atoms with Crippen LogP contribution in [0, 0.1) is 11.2 Å². The maximum Gasteiger partial charge on any atom is 0.234 e. The summed E-state index contributed by atoms with van der Waals surface area (Å²) in [4.78, 5) is 15.7. The van der Waals surface area contributed by atoms with Crippen LogP contribution >= 0.6 is 0 Å². The number of benzene rings is 5. The number of anilines is 1. The van der Waals surface area contributed by atoms with Crippen LogP contribution in [-0.2, 0) is 10.3 Å². The van der Waals surface area contributed by atoms with E-state index < -0.39 is 5.54 Å². The molecule has 2 aliphatic heterocycles. The van der Waals surface area contributed by atoms with Gasteiger partial charge < -0.3 is 10.2 Å². The Morgan fingerprint density at radius 1 is 0.733 bits per heavy atom. The molecule has 45 heavy (non-hydrogen) atoms. The summed E-state index contributed by atoms with van der Waals surface area (Å²) in [5, 5.41) is 9.73. The topological polar surface area (TPSA) is 50.2 Å². The number of amides is 1. The molecule has 0 radical (unpaired) electrons. The number of aromatic nitrogens is 2. The molecule has 5 aromatic carbocycles. The highest BCUT2D eigenvalue weighted by Crippen LogP contribution is 2.45. The van der Waals surface area contributed by atoms with E-state index in [1.807, 2.05) is 23.1 Å². The van der Waals surface area contributed by atoms with Crippen LogP contribution in [0.2, 0.25) is 0 Å². The fourth-order valence-corrected chi connectivity index (χ4v) is 7.46. The Kier molecular flexibility index (Phi) is 6.61. The zero-order chi connectivity index (χ0) is 30.4. The molecule has 2 aliphatic rings. The average molecular weight is 593 g/mol. The van der Waals surface area contributed by atoms with E-state index in [0.717, 1.165) is 70.5 Å². The van der Waals surface area contributed by atoms with Gasteiger partial charge in [-0.3, -0.25) is 4.79 Å². The zero-order valence-electron chi connectivity index (χ0n) is 24.9. The number of carbonyl (C=O) groups excluding carboxylic acids is 1. The summed E-state index contributed by atoms with van der Waals surface area (Å²) in [5.74, 6) is -0.108. The lowest BCUT2D eigenvalue weighted by atomic mass is 9.77. The molecule has 0 bridgehead atoms. The molecule has 1 amide bonds. The summed E-state index contributed by atoms with van der Waals surface area (Å²) in [6, 6.07) is 44.1. The molecule has 0 saturated carbocycles. The van der Waals surface area contributed by atoms with E-state index in [4.69, 9.17) is 5.10 Å². The first-order chi connectivity index (χ1) is 22.1. The molecule has 8 rings (SSSR count). The first-order valence-corrected chi connectivity index (χ1v) is 15.6. The lowest BCUT2D eigenvalue weighted by Gasteiger charge is -2.37. The van der Waals surface area contributed by atoms with Crippen molar-refractivity contribution >= 4 is 22.5 Å². The molecule has 3 heterocycles. The number of carbonyl (C=O) groups is 1. The first kappa shape index (κ1) is 27.5. The molecule has 2 fully saturated rings. The Hall–Kier alpha value is -5.07. The summed E-state index contributed by atoms with van der Waals surface area (Å²) in [6.07, 6.45) is 1.72. The number of nitrogens with one attached hydrogen (secondary N) is 1. The van der Waals surface area contributed by atoms with Crippen LogP contribution in [-0.4, -0.2) is 35.3 Å². The highest BCUT2D eigenvalue weighted by molar-refractivity contribution is 6.03. The molecule has 6 heteroatoms. The van der Waals surface area contributed by atoms with E-state index in [-0.39, 0.29) is 17.1 Å². The van der Waals surface area contributed by atoms with Gasteiger partial charge in [0.05, 0.1) is 10.9 Å². The number of halogens is 1. The summed E-state index contributed by atoms with van der Waals surface area (Å²) < 4.78 is 16.3. The quantitative estimate of drug-likeness (QED) is 0.205. The van der Waals surface area contributed by atoms with Crippen molar-refractivity contribution in [2.24, 2.45) is 5.41 Å². The summed E-state index contributed by atoms with van der Waals surface area (Å²) >= 11 is 0. The third-order valence-electron chi connectivity index (χ3n) is 9.74. The van der Waals surface area contributed by atoms with Crippen molar-refractivity contribution in [3.8, 4) is 11.3 Å². The molecular formula is C39H33FN4O. The van der Waals surface area contributed by atoms with Crippen molar-refractivity contribution in [2.45, 2.75) is 18.4 Å². The van der Waals surface area contributed by atoms with Gasteiger partial charge in [0.1, 0.15) is 17.1 Å². The summed E-state index contributed by atoms with van der Waals surface area (Å²) in [7, 11) is 0. The van der Waals surface area contributed by atoms with Gasteiger partial charge in [0.15, 0.2) is 0 Å². The number of nitrogens with zero attached hydrogens (tertiary/aromatic N) is 3. The van der Waals surface area contributed by atoms with E-state index in [9.17, 15) is 9.18 Å². The fraction of sp³-hybridized carbons (Fsp3) is 0.179. The first-order valence-electron chi connectivity index (χ1n) is 15.6. The van der Waals surface area contributed by atoms with Crippen LogP contribution in [0.5, 0.6) is 0 Å². The van der Waals surface area contributed by atoms with Gasteiger partial charge >= 0.3 is 0 Å². The van der Waals surface area contributed by atoms with Crippen LogP contribution in [0.3, 0.4) is 0 Å². The second-order valence-corrected chi connectivity index (χ2v) is 12.2. The third kappa shape index (κ3) is 4.31. The summed E-state index contributed by atoms with van der Waals surface area (Å²) in [5.41, 5.74) is 5.37. The minimum Gasteiger partial charge on any atom is -0.316 e. The maximum atomic E-state index is 14.2. The Labute approximate surface area is 261 Å². The maximum absolute atomic E-state index is 14.2. The normalized spacial score (nSPS) is 18.3. The monoisotopic (exact) mass is 592 g/mol. The van der Waals surface area contributed by atoms with Crippen molar-refractivity contribution in [3.63, 3.8) is 0 Å². The summed E-state index contributed by atoms with van der Waals surface area (Å²) in [6.45, 7) is 2.30. The van der Waals surface area contributed by atoms with Crippen LogP contribution in [0.25, 0.3) is 22.2 Å². The minimum absolute atomic E-state index is 0.190. The lowest BCUT2D eigenvalue weighted by molar-refractivity contribution is -0.124. The number of fused-ring (bicyclic) bond motifs is 1. The van der Waals surface area contributed by atoms with Gasteiger partial charge in [-0.05, 0) is 78.5 Å². The number of hydrogen-bond donors (Lipinski definition) is 1. The predicted molar refractivity (Wildman–Crippen MR) is 177 cm³/mol. The Bertz CT molecular complexity index is 1890. The van der Waals surface area contributed by atoms with Gasteiger partial charge in [0.25, 0.3) is 0 Å². The van der Waals surface area contributed by atoms with Gasteiger partial charge in [-0.2, -0.15) is 5.10 Å². The molecule has 2 saturated heterocycles. The second kappa shape index (κ2) is 10.8. The van der Waals surface area contributed by atoms with Gasteiger partial charge in [0, 0.05) is 29.7 Å². The highest BCUT2D eigenvalue weighted by Gasteiger charge is 2.49. The Morgan fingerprint density at radius 3 is 1.89 bits per heavy atom. The number of rotatable bonds is 6. The molecule has 1 unspecified atom stereocenters. The van der Waals surface area contributed by atoms with Crippen molar-refractivity contribution in [2.75, 3.05) is 24.5 Å². The molecule has 1 spiro atoms. The highest BCUT2D eigenvalue weighted by atomic mass is 19.1. The van der Waals surface area contributed by atoms with E-state index in [2.05, 4.69) is 101 Å². The molecule has 5 nitrogen and oxygen atoms in total. The smallest absolute Gasteiger partial charge is 0.234 e. The van der Waals surface area contributed by atoms with E-state index in [1.54, 1.807) is 12.1 Å². The van der Waals surface area contributed by atoms with E-state index in [0.29, 0.717) is 6.54 Å². The van der Waals surface area contributed by atoms with Gasteiger partial charge in [-0.1, -0.05) is 91.0 Å². The molecule has 0 aliphatic carbocycles. The fourth-order valence-electron chi connectivity index (χ4n) is 7.46. The number of hydrogen-bond acceptors (Lipinski definition) is 3. The standard InChI is InChI=1S/C39H33FN4O/c40-32-18-16-28(17-19-32)36-34-26-33(43-25-23-38(37(43)45)22-24-41-27-38)20-21-35(34)44(42-36)39(29-10-4-1-5-11-29,30-12-6-2-7-13-30)31-14-8-3-9-15-31/h1-21,26,41H,22-25,27H2. The minimum atomic E-state index is -0.829. The molecule has 1 N–H and O–H groups in total. The molecule has 1 atom stereocenters. The van der Waals surface area contributed by atoms with Crippen LogP contribution in [0.1, 0.15) is 29.5 Å². The zero-order valence-corrected chi connectivity index (χ0v) is 24.9. The SMILES string of the molecule is O=C1N(c2ccc3c(c2)c(-c2ccc(F)cc2)nn3C(c2ccccc2)(c2ccccc2)c2ccccc2)CCC12CCNC2. The van der Waals surface area contributed by atoms with Crippen molar-refractivity contribution < 1.29 is 9.18 Å². The van der Waals surface area contributed by atoms with Crippen molar-refractivity contribution in [1.82, 2.24) is 15.1 Å². The Balaban J connectivity index is 1.42.